The first-order valence-corrected chi connectivity index (χ1v) is 11.4. The fourth-order valence-corrected chi connectivity index (χ4v) is 4.38. The SMILES string of the molecule is Cc1ccc(OCCSc2nnc3n(-c4ccc(C)cc4)c(=O)c4ccccc4n23)cc1. The summed E-state index contributed by atoms with van der Waals surface area (Å²) < 4.78 is 9.43. The predicted molar refractivity (Wildman–Crippen MR) is 128 cm³/mol. The first-order chi connectivity index (χ1) is 15.6. The van der Waals surface area contributed by atoms with E-state index in [-0.39, 0.29) is 5.56 Å². The van der Waals surface area contributed by atoms with Gasteiger partial charge < -0.3 is 4.74 Å². The Hall–Kier alpha value is -3.58. The van der Waals surface area contributed by atoms with Crippen molar-refractivity contribution in [1.29, 1.82) is 0 Å². The van der Waals surface area contributed by atoms with E-state index in [9.17, 15) is 4.79 Å². The van der Waals surface area contributed by atoms with Crippen LogP contribution < -0.4 is 10.3 Å². The van der Waals surface area contributed by atoms with Gasteiger partial charge in [-0.1, -0.05) is 59.3 Å². The van der Waals surface area contributed by atoms with Gasteiger partial charge in [-0.05, 0) is 50.2 Å². The molecule has 0 atom stereocenters. The number of para-hydroxylation sites is 1. The third-order valence-corrected chi connectivity index (χ3v) is 6.18. The molecule has 2 heterocycles. The quantitative estimate of drug-likeness (QED) is 0.279. The second-order valence-electron chi connectivity index (χ2n) is 7.62. The molecular formula is C25H22N4O2S. The van der Waals surface area contributed by atoms with E-state index in [0.717, 1.165) is 27.7 Å². The van der Waals surface area contributed by atoms with Gasteiger partial charge >= 0.3 is 0 Å². The molecule has 0 unspecified atom stereocenters. The summed E-state index contributed by atoms with van der Waals surface area (Å²) in [7, 11) is 0. The lowest BCUT2D eigenvalue weighted by atomic mass is 10.2. The molecule has 0 aliphatic rings. The molecule has 0 saturated heterocycles. The molecule has 160 valence electrons. The van der Waals surface area contributed by atoms with Gasteiger partial charge in [0.15, 0.2) is 5.16 Å². The van der Waals surface area contributed by atoms with E-state index in [4.69, 9.17) is 4.74 Å². The zero-order valence-corrected chi connectivity index (χ0v) is 18.7. The van der Waals surface area contributed by atoms with Crippen molar-refractivity contribution < 1.29 is 4.74 Å². The van der Waals surface area contributed by atoms with E-state index in [1.165, 1.54) is 5.56 Å². The summed E-state index contributed by atoms with van der Waals surface area (Å²) in [5.74, 6) is 2.05. The smallest absolute Gasteiger partial charge is 0.267 e. The maximum Gasteiger partial charge on any atom is 0.267 e. The molecule has 0 N–H and O–H groups in total. The highest BCUT2D eigenvalue weighted by molar-refractivity contribution is 7.99. The van der Waals surface area contributed by atoms with E-state index >= 15 is 0 Å². The Morgan fingerprint density at radius 2 is 1.56 bits per heavy atom. The minimum absolute atomic E-state index is 0.108. The maximum atomic E-state index is 13.3. The van der Waals surface area contributed by atoms with E-state index in [1.807, 2.05) is 84.1 Å². The summed E-state index contributed by atoms with van der Waals surface area (Å²) in [5, 5.41) is 10.1. The van der Waals surface area contributed by atoms with Crippen LogP contribution in [0.1, 0.15) is 11.1 Å². The van der Waals surface area contributed by atoms with Crippen molar-refractivity contribution in [3.05, 3.63) is 94.3 Å². The van der Waals surface area contributed by atoms with Crippen LogP contribution in [0.2, 0.25) is 0 Å². The topological polar surface area (TPSA) is 61.4 Å². The molecule has 2 aromatic heterocycles. The molecule has 5 rings (SSSR count). The van der Waals surface area contributed by atoms with Gasteiger partial charge in [0.05, 0.1) is 23.2 Å². The molecule has 0 radical (unpaired) electrons. The Labute approximate surface area is 189 Å². The Kier molecular flexibility index (Phi) is 5.41. The van der Waals surface area contributed by atoms with Crippen LogP contribution in [0, 0.1) is 13.8 Å². The van der Waals surface area contributed by atoms with Gasteiger partial charge in [0.25, 0.3) is 5.56 Å². The van der Waals surface area contributed by atoms with Gasteiger partial charge in [-0.25, -0.2) is 4.57 Å². The van der Waals surface area contributed by atoms with Crippen molar-refractivity contribution in [1.82, 2.24) is 19.2 Å². The molecule has 7 heteroatoms. The largest absolute Gasteiger partial charge is 0.493 e. The van der Waals surface area contributed by atoms with Gasteiger partial charge in [0.2, 0.25) is 5.78 Å². The number of hydrogen-bond acceptors (Lipinski definition) is 5. The molecular weight excluding hydrogens is 420 g/mol. The van der Waals surface area contributed by atoms with Crippen LogP contribution in [0.15, 0.2) is 82.7 Å². The number of fused-ring (bicyclic) bond motifs is 3. The highest BCUT2D eigenvalue weighted by Crippen LogP contribution is 2.23. The summed E-state index contributed by atoms with van der Waals surface area (Å²) in [4.78, 5) is 13.3. The number of benzene rings is 3. The maximum absolute atomic E-state index is 13.3. The van der Waals surface area contributed by atoms with Crippen molar-refractivity contribution in [2.75, 3.05) is 12.4 Å². The van der Waals surface area contributed by atoms with Crippen molar-refractivity contribution in [2.45, 2.75) is 19.0 Å². The number of hydrogen-bond donors (Lipinski definition) is 0. The Bertz CT molecular complexity index is 1450. The lowest BCUT2D eigenvalue weighted by Gasteiger charge is -2.11. The Morgan fingerprint density at radius 1 is 0.875 bits per heavy atom. The molecule has 0 aliphatic carbocycles. The van der Waals surface area contributed by atoms with Crippen LogP contribution in [-0.2, 0) is 0 Å². The fraction of sp³-hybridized carbons (Fsp3) is 0.160. The van der Waals surface area contributed by atoms with Crippen molar-refractivity contribution in [3.8, 4) is 11.4 Å². The van der Waals surface area contributed by atoms with Crippen molar-refractivity contribution in [2.24, 2.45) is 0 Å². The zero-order chi connectivity index (χ0) is 22.1. The molecule has 0 spiro atoms. The first kappa shape index (κ1) is 20.3. The summed E-state index contributed by atoms with van der Waals surface area (Å²) in [6, 6.07) is 23.4. The number of ether oxygens (including phenoxy) is 1. The average molecular weight is 443 g/mol. The molecule has 0 amide bonds. The van der Waals surface area contributed by atoms with Gasteiger partial charge in [-0.3, -0.25) is 9.20 Å². The molecule has 5 aromatic rings. The average Bonchev–Trinajstić information content (AvgIpc) is 3.23. The molecule has 0 bridgehead atoms. The summed E-state index contributed by atoms with van der Waals surface area (Å²) in [5.41, 5.74) is 3.78. The van der Waals surface area contributed by atoms with Crippen molar-refractivity contribution >= 4 is 28.4 Å². The Balaban J connectivity index is 1.51. The second kappa shape index (κ2) is 8.51. The van der Waals surface area contributed by atoms with Crippen LogP contribution >= 0.6 is 11.8 Å². The number of nitrogens with zero attached hydrogens (tertiary/aromatic N) is 4. The monoisotopic (exact) mass is 442 g/mol. The summed E-state index contributed by atoms with van der Waals surface area (Å²) >= 11 is 1.55. The molecule has 32 heavy (non-hydrogen) atoms. The minimum atomic E-state index is -0.108. The number of aromatic nitrogens is 4. The molecule has 3 aromatic carbocycles. The lowest BCUT2D eigenvalue weighted by Crippen LogP contribution is -2.21. The fourth-order valence-electron chi connectivity index (χ4n) is 3.63. The minimum Gasteiger partial charge on any atom is -0.493 e. The molecule has 0 fully saturated rings. The van der Waals surface area contributed by atoms with Crippen LogP contribution in [-0.4, -0.2) is 31.5 Å². The van der Waals surface area contributed by atoms with Gasteiger partial charge in [0.1, 0.15) is 5.75 Å². The normalized spacial score (nSPS) is 11.3. The second-order valence-corrected chi connectivity index (χ2v) is 8.68. The van der Waals surface area contributed by atoms with E-state index in [2.05, 4.69) is 17.1 Å². The highest BCUT2D eigenvalue weighted by Gasteiger charge is 2.17. The van der Waals surface area contributed by atoms with Crippen LogP contribution in [0.4, 0.5) is 0 Å². The van der Waals surface area contributed by atoms with Gasteiger partial charge in [-0.2, -0.15) is 0 Å². The third kappa shape index (κ3) is 3.76. The van der Waals surface area contributed by atoms with Crippen LogP contribution in [0.3, 0.4) is 0 Å². The van der Waals surface area contributed by atoms with E-state index < -0.39 is 0 Å². The van der Waals surface area contributed by atoms with Gasteiger partial charge in [0, 0.05) is 5.75 Å². The lowest BCUT2D eigenvalue weighted by molar-refractivity contribution is 0.344. The third-order valence-electron chi connectivity index (χ3n) is 5.29. The number of thioether (sulfide) groups is 1. The van der Waals surface area contributed by atoms with Crippen molar-refractivity contribution in [3.63, 3.8) is 0 Å². The predicted octanol–water partition coefficient (Wildman–Crippen LogP) is 4.82. The van der Waals surface area contributed by atoms with E-state index in [0.29, 0.717) is 23.5 Å². The van der Waals surface area contributed by atoms with Crippen LogP contribution in [0.5, 0.6) is 5.75 Å². The van der Waals surface area contributed by atoms with Gasteiger partial charge in [-0.15, -0.1) is 10.2 Å². The molecule has 0 saturated carbocycles. The van der Waals surface area contributed by atoms with E-state index in [1.54, 1.807) is 16.3 Å². The first-order valence-electron chi connectivity index (χ1n) is 10.4. The number of rotatable bonds is 6. The molecule has 6 nitrogen and oxygen atoms in total. The highest BCUT2D eigenvalue weighted by atomic mass is 32.2. The standard InChI is InChI=1S/C25H22N4O2S/c1-17-7-11-19(12-8-17)28-23(30)21-5-3-4-6-22(21)29-24(28)26-27-25(29)32-16-15-31-20-13-9-18(2)10-14-20/h3-14H,15-16H2,1-2H3. The summed E-state index contributed by atoms with van der Waals surface area (Å²) in [6.45, 7) is 4.61. The number of aryl methyl sites for hydroxylation is 2. The Morgan fingerprint density at radius 3 is 2.31 bits per heavy atom. The summed E-state index contributed by atoms with van der Waals surface area (Å²) in [6.07, 6.45) is 0. The van der Waals surface area contributed by atoms with Crippen LogP contribution in [0.25, 0.3) is 22.4 Å². The zero-order valence-electron chi connectivity index (χ0n) is 17.9. The molecule has 0 aliphatic heterocycles.